The molecule has 0 aromatic heterocycles. The average Bonchev–Trinajstić information content (AvgIpc) is 2.86. The number of hydrogen-bond donors (Lipinski definition) is 0. The first kappa shape index (κ1) is 16.7. The highest BCUT2D eigenvalue weighted by Crippen LogP contribution is 2.42. The monoisotopic (exact) mass is 351 g/mol. The Kier molecular flexibility index (Phi) is 4.17. The van der Waals surface area contributed by atoms with Crippen LogP contribution >= 0.6 is 0 Å². The molecule has 2 aromatic rings. The number of carbonyl (C=O) groups is 2. The summed E-state index contributed by atoms with van der Waals surface area (Å²) in [5.74, 6) is -1.29. The van der Waals surface area contributed by atoms with Crippen molar-refractivity contribution in [2.45, 2.75) is 24.9 Å². The van der Waals surface area contributed by atoms with E-state index >= 15 is 0 Å². The van der Waals surface area contributed by atoms with E-state index in [1.807, 2.05) is 6.07 Å². The Morgan fingerprint density at radius 3 is 2.42 bits per heavy atom. The summed E-state index contributed by atoms with van der Waals surface area (Å²) in [5, 5.41) is 0. The number of carbonyl (C=O) groups excluding carboxylic acids is 2. The van der Waals surface area contributed by atoms with Gasteiger partial charge in [-0.15, -0.1) is 0 Å². The molecule has 0 bridgehead atoms. The van der Waals surface area contributed by atoms with Crippen molar-refractivity contribution >= 4 is 23.6 Å². The van der Waals surface area contributed by atoms with E-state index < -0.39 is 23.2 Å². The second-order valence-electron chi connectivity index (χ2n) is 6.49. The topological polar surface area (TPSA) is 46.6 Å². The molecule has 4 rings (SSSR count). The van der Waals surface area contributed by atoms with Crippen LogP contribution < -0.4 is 4.90 Å². The molecule has 0 saturated carbocycles. The molecular formula is C21H18FNO3. The Hall–Kier alpha value is -2.79. The zero-order valence-electron chi connectivity index (χ0n) is 14.2. The minimum Gasteiger partial charge on any atom is -0.360 e. The summed E-state index contributed by atoms with van der Waals surface area (Å²) in [5.41, 5.74) is -0.357. The summed E-state index contributed by atoms with van der Waals surface area (Å²) >= 11 is 0. The third kappa shape index (κ3) is 2.56. The van der Waals surface area contributed by atoms with E-state index in [9.17, 15) is 14.0 Å². The predicted molar refractivity (Wildman–Crippen MR) is 95.8 cm³/mol. The van der Waals surface area contributed by atoms with E-state index in [1.165, 1.54) is 12.1 Å². The Morgan fingerprint density at radius 2 is 1.73 bits per heavy atom. The average molecular weight is 351 g/mol. The lowest BCUT2D eigenvalue weighted by Gasteiger charge is -2.32. The van der Waals surface area contributed by atoms with Crippen LogP contribution in [0.3, 0.4) is 0 Å². The summed E-state index contributed by atoms with van der Waals surface area (Å²) in [6, 6.07) is 15.0. The molecule has 5 heteroatoms. The molecule has 2 aliphatic rings. The smallest absolute Gasteiger partial charge is 0.271 e. The molecule has 2 amide bonds. The summed E-state index contributed by atoms with van der Waals surface area (Å²) < 4.78 is 20.0. The summed E-state index contributed by atoms with van der Waals surface area (Å²) in [6.45, 7) is 0.399. The number of anilines is 1. The van der Waals surface area contributed by atoms with Gasteiger partial charge in [-0.3, -0.25) is 9.59 Å². The first-order valence-electron chi connectivity index (χ1n) is 8.68. The van der Waals surface area contributed by atoms with Crippen LogP contribution in [-0.2, 0) is 14.3 Å². The second-order valence-corrected chi connectivity index (χ2v) is 6.49. The fourth-order valence-electron chi connectivity index (χ4n) is 3.59. The second kappa shape index (κ2) is 6.50. The highest BCUT2D eigenvalue weighted by Gasteiger charge is 2.57. The Morgan fingerprint density at radius 1 is 1.00 bits per heavy atom. The fourth-order valence-corrected chi connectivity index (χ4v) is 3.59. The van der Waals surface area contributed by atoms with Gasteiger partial charge < -0.3 is 4.74 Å². The van der Waals surface area contributed by atoms with Crippen LogP contribution in [-0.4, -0.2) is 24.0 Å². The van der Waals surface area contributed by atoms with Gasteiger partial charge in [-0.05, 0) is 43.5 Å². The van der Waals surface area contributed by atoms with E-state index in [2.05, 4.69) is 0 Å². The molecule has 0 N–H and O–H groups in total. The van der Waals surface area contributed by atoms with Crippen molar-refractivity contribution in [3.8, 4) is 0 Å². The fraction of sp³-hybridized carbons (Fsp3) is 0.238. The summed E-state index contributed by atoms with van der Waals surface area (Å²) in [7, 11) is 0. The van der Waals surface area contributed by atoms with E-state index in [0.717, 1.165) is 17.7 Å². The lowest BCUT2D eigenvalue weighted by atomic mass is 9.86. The number of nitrogens with zero attached hydrogens (tertiary/aromatic N) is 1. The first-order valence-corrected chi connectivity index (χ1v) is 8.68. The van der Waals surface area contributed by atoms with Crippen molar-refractivity contribution in [3.05, 3.63) is 71.6 Å². The van der Waals surface area contributed by atoms with E-state index in [1.54, 1.807) is 42.5 Å². The van der Waals surface area contributed by atoms with Crippen LogP contribution in [0.15, 0.2) is 60.2 Å². The third-order valence-corrected chi connectivity index (χ3v) is 4.91. The van der Waals surface area contributed by atoms with Gasteiger partial charge in [-0.25, -0.2) is 9.29 Å². The highest BCUT2D eigenvalue weighted by atomic mass is 19.1. The molecule has 2 heterocycles. The van der Waals surface area contributed by atoms with E-state index in [-0.39, 0.29) is 11.1 Å². The molecule has 2 aliphatic heterocycles. The van der Waals surface area contributed by atoms with Crippen LogP contribution in [0.25, 0.3) is 6.08 Å². The van der Waals surface area contributed by atoms with Crippen LogP contribution in [0, 0.1) is 5.82 Å². The number of benzene rings is 2. The van der Waals surface area contributed by atoms with Gasteiger partial charge in [0.25, 0.3) is 11.8 Å². The Bertz CT molecular complexity index is 885. The Balaban J connectivity index is 1.86. The molecule has 26 heavy (non-hydrogen) atoms. The number of halogens is 1. The standard InChI is InChI=1S/C21H18FNO3/c22-18-11-5-4-8-15(18)14-17-19(24)23(16-9-2-1-3-10-16)20(25)21(17)12-6-7-13-26-21/h1-5,8-11,14H,6-7,12-13H2/b17-14-. The van der Waals surface area contributed by atoms with Crippen LogP contribution in [0.1, 0.15) is 24.8 Å². The SMILES string of the molecule is O=C1/C(=C/c2ccccc2F)C2(CCCCO2)C(=O)N1c1ccccc1. The molecule has 132 valence electrons. The number of amides is 2. The number of hydrogen-bond acceptors (Lipinski definition) is 3. The normalized spacial score (nSPS) is 24.7. The van der Waals surface area contributed by atoms with Gasteiger partial charge in [0.1, 0.15) is 5.82 Å². The molecule has 0 radical (unpaired) electrons. The molecule has 4 nitrogen and oxygen atoms in total. The molecule has 0 aliphatic carbocycles. The maximum Gasteiger partial charge on any atom is 0.271 e. The lowest BCUT2D eigenvalue weighted by molar-refractivity contribution is -0.140. The first-order chi connectivity index (χ1) is 12.6. The van der Waals surface area contributed by atoms with Crippen molar-refractivity contribution in [1.82, 2.24) is 0 Å². The number of para-hydroxylation sites is 1. The van der Waals surface area contributed by atoms with Crippen molar-refractivity contribution < 1.29 is 18.7 Å². The number of imide groups is 1. The number of ether oxygens (including phenoxy) is 1. The van der Waals surface area contributed by atoms with Crippen molar-refractivity contribution in [2.75, 3.05) is 11.5 Å². The summed E-state index contributed by atoms with van der Waals surface area (Å²) in [4.78, 5) is 27.5. The van der Waals surface area contributed by atoms with Crippen molar-refractivity contribution in [3.63, 3.8) is 0 Å². The third-order valence-electron chi connectivity index (χ3n) is 4.91. The molecule has 2 aromatic carbocycles. The predicted octanol–water partition coefficient (Wildman–Crippen LogP) is 3.72. The zero-order valence-corrected chi connectivity index (χ0v) is 14.2. The summed E-state index contributed by atoms with van der Waals surface area (Å²) in [6.07, 6.45) is 3.49. The van der Waals surface area contributed by atoms with Gasteiger partial charge in [0.05, 0.1) is 11.3 Å². The molecule has 1 unspecified atom stereocenters. The van der Waals surface area contributed by atoms with Crippen molar-refractivity contribution in [1.29, 1.82) is 0 Å². The van der Waals surface area contributed by atoms with Crippen LogP contribution in [0.4, 0.5) is 10.1 Å². The highest BCUT2D eigenvalue weighted by molar-refractivity contribution is 6.33. The minimum absolute atomic E-state index is 0.205. The number of rotatable bonds is 2. The van der Waals surface area contributed by atoms with Gasteiger partial charge in [-0.2, -0.15) is 0 Å². The van der Waals surface area contributed by atoms with Crippen LogP contribution in [0.2, 0.25) is 0 Å². The molecule has 2 fully saturated rings. The molecule has 2 saturated heterocycles. The largest absolute Gasteiger partial charge is 0.360 e. The van der Waals surface area contributed by atoms with Crippen molar-refractivity contribution in [2.24, 2.45) is 0 Å². The zero-order chi connectivity index (χ0) is 18.1. The van der Waals surface area contributed by atoms with Crippen LogP contribution in [0.5, 0.6) is 0 Å². The lowest BCUT2D eigenvalue weighted by Crippen LogP contribution is -2.45. The van der Waals surface area contributed by atoms with Gasteiger partial charge in [-0.1, -0.05) is 36.4 Å². The molecule has 1 atom stereocenters. The quantitative estimate of drug-likeness (QED) is 0.612. The van der Waals surface area contributed by atoms with Gasteiger partial charge in [0, 0.05) is 12.2 Å². The van der Waals surface area contributed by atoms with Gasteiger partial charge in [0.15, 0.2) is 5.60 Å². The minimum atomic E-state index is -1.33. The maximum atomic E-state index is 14.1. The maximum absolute atomic E-state index is 14.1. The Labute approximate surface area is 150 Å². The van der Waals surface area contributed by atoms with E-state index in [4.69, 9.17) is 4.74 Å². The van der Waals surface area contributed by atoms with Gasteiger partial charge >= 0.3 is 0 Å². The molecular weight excluding hydrogens is 333 g/mol. The van der Waals surface area contributed by atoms with Gasteiger partial charge in [0.2, 0.25) is 0 Å². The molecule has 1 spiro atoms. The van der Waals surface area contributed by atoms with E-state index in [0.29, 0.717) is 18.7 Å².